The first-order valence-corrected chi connectivity index (χ1v) is 13.3. The van der Waals surface area contributed by atoms with E-state index in [0.717, 1.165) is 59.3 Å². The molecule has 3 aromatic carbocycles. The molecule has 0 unspecified atom stereocenters. The number of nitrogens with zero attached hydrogens (tertiary/aromatic N) is 1. The van der Waals surface area contributed by atoms with Crippen molar-refractivity contribution in [2.75, 3.05) is 7.11 Å². The van der Waals surface area contributed by atoms with Crippen LogP contribution in [0.5, 0.6) is 5.75 Å². The molecule has 4 rings (SSSR count). The number of hydrogen-bond donors (Lipinski definition) is 1. The normalized spacial score (nSPS) is 14.2. The van der Waals surface area contributed by atoms with Crippen molar-refractivity contribution >= 4 is 11.8 Å². The number of carbonyl (C=O) groups excluding carboxylic acids is 2. The van der Waals surface area contributed by atoms with Gasteiger partial charge in [0.05, 0.1) is 13.5 Å². The number of carbonyl (C=O) groups is 2. The van der Waals surface area contributed by atoms with Gasteiger partial charge < -0.3 is 15.0 Å². The summed E-state index contributed by atoms with van der Waals surface area (Å²) in [5, 5.41) is 3.27. The number of amides is 2. The highest BCUT2D eigenvalue weighted by molar-refractivity contribution is 5.89. The molecule has 1 aliphatic rings. The summed E-state index contributed by atoms with van der Waals surface area (Å²) in [6, 6.07) is 23.4. The zero-order valence-electron chi connectivity index (χ0n) is 22.2. The maximum Gasteiger partial charge on any atom is 0.243 e. The summed E-state index contributed by atoms with van der Waals surface area (Å²) in [7, 11) is 1.63. The van der Waals surface area contributed by atoms with Gasteiger partial charge in [0, 0.05) is 19.0 Å². The van der Waals surface area contributed by atoms with Crippen molar-refractivity contribution in [3.8, 4) is 5.75 Å². The van der Waals surface area contributed by atoms with Crippen molar-refractivity contribution in [2.45, 2.75) is 71.0 Å². The van der Waals surface area contributed by atoms with Crippen molar-refractivity contribution in [2.24, 2.45) is 0 Å². The van der Waals surface area contributed by atoms with Gasteiger partial charge in [0.15, 0.2) is 0 Å². The van der Waals surface area contributed by atoms with E-state index >= 15 is 0 Å². The van der Waals surface area contributed by atoms with Crippen LogP contribution < -0.4 is 10.1 Å². The van der Waals surface area contributed by atoms with Gasteiger partial charge in [-0.25, -0.2) is 0 Å². The molecule has 37 heavy (non-hydrogen) atoms. The molecular formula is C32H38N2O3. The van der Waals surface area contributed by atoms with Gasteiger partial charge in [-0.2, -0.15) is 0 Å². The van der Waals surface area contributed by atoms with Crippen molar-refractivity contribution in [3.05, 3.63) is 101 Å². The first-order chi connectivity index (χ1) is 17.9. The molecule has 1 aliphatic carbocycles. The molecular weight excluding hydrogens is 460 g/mol. The zero-order valence-corrected chi connectivity index (χ0v) is 22.2. The average Bonchev–Trinajstić information content (AvgIpc) is 3.42. The highest BCUT2D eigenvalue weighted by Crippen LogP contribution is 2.22. The maximum absolute atomic E-state index is 14.0. The fraction of sp³-hybridized carbons (Fsp3) is 0.375. The minimum Gasteiger partial charge on any atom is -0.497 e. The van der Waals surface area contributed by atoms with Crippen molar-refractivity contribution in [1.29, 1.82) is 0 Å². The largest absolute Gasteiger partial charge is 0.497 e. The maximum atomic E-state index is 14.0. The molecule has 1 saturated carbocycles. The average molecular weight is 499 g/mol. The number of methoxy groups -OCH3 is 1. The van der Waals surface area contributed by atoms with E-state index < -0.39 is 6.04 Å². The summed E-state index contributed by atoms with van der Waals surface area (Å²) in [6.45, 7) is 4.40. The molecule has 3 aromatic rings. The molecule has 1 atom stereocenters. The standard InChI is InChI=1S/C32H38N2O3/c1-23-16-17-24(2)27(18-23)21-31(35)34(22-26-12-9-15-29(19-26)37-3)30(20-25-10-5-4-6-11-25)32(36)33-28-13-7-8-14-28/h4-6,9-12,15-19,28,30H,7-8,13-14,20-22H2,1-3H3,(H,33,36)/t30-/m1/s1. The van der Waals surface area contributed by atoms with E-state index in [1.165, 1.54) is 0 Å². The van der Waals surface area contributed by atoms with Gasteiger partial charge in [-0.05, 0) is 61.1 Å². The van der Waals surface area contributed by atoms with Crippen molar-refractivity contribution in [1.82, 2.24) is 10.2 Å². The Hall–Kier alpha value is -3.60. The first kappa shape index (κ1) is 26.5. The fourth-order valence-corrected chi connectivity index (χ4v) is 5.14. The molecule has 5 nitrogen and oxygen atoms in total. The van der Waals surface area contributed by atoms with E-state index in [2.05, 4.69) is 23.5 Å². The molecule has 5 heteroatoms. The quantitative estimate of drug-likeness (QED) is 0.399. The Morgan fingerprint density at radius 1 is 0.946 bits per heavy atom. The number of benzene rings is 3. The third-order valence-corrected chi connectivity index (χ3v) is 7.31. The Bertz CT molecular complexity index is 1200. The fourth-order valence-electron chi connectivity index (χ4n) is 5.14. The van der Waals surface area contributed by atoms with Crippen LogP contribution in [-0.4, -0.2) is 35.9 Å². The summed E-state index contributed by atoms with van der Waals surface area (Å²) < 4.78 is 5.43. The minimum absolute atomic E-state index is 0.0565. The van der Waals surface area contributed by atoms with Gasteiger partial charge in [-0.15, -0.1) is 0 Å². The molecule has 0 heterocycles. The van der Waals surface area contributed by atoms with Crippen molar-refractivity contribution in [3.63, 3.8) is 0 Å². The summed E-state index contributed by atoms with van der Waals surface area (Å²) in [5.74, 6) is 0.599. The van der Waals surface area contributed by atoms with Gasteiger partial charge in [0.25, 0.3) is 0 Å². The van der Waals surface area contributed by atoms with Crippen LogP contribution in [0.15, 0.2) is 72.8 Å². The summed E-state index contributed by atoms with van der Waals surface area (Å²) >= 11 is 0. The number of hydrogen-bond acceptors (Lipinski definition) is 3. The zero-order chi connectivity index (χ0) is 26.2. The number of rotatable bonds is 10. The Morgan fingerprint density at radius 2 is 1.68 bits per heavy atom. The second kappa shape index (κ2) is 12.6. The van der Waals surface area contributed by atoms with E-state index in [1.807, 2.05) is 68.4 Å². The molecule has 1 fully saturated rings. The lowest BCUT2D eigenvalue weighted by atomic mass is 9.99. The van der Waals surface area contributed by atoms with Crippen LogP contribution in [0, 0.1) is 13.8 Å². The first-order valence-electron chi connectivity index (χ1n) is 13.3. The lowest BCUT2D eigenvalue weighted by Crippen LogP contribution is -2.52. The van der Waals surface area contributed by atoms with Crippen LogP contribution in [0.3, 0.4) is 0 Å². The molecule has 0 saturated heterocycles. The van der Waals surface area contributed by atoms with E-state index in [9.17, 15) is 9.59 Å². The molecule has 2 amide bonds. The van der Waals surface area contributed by atoms with Crippen LogP contribution in [0.1, 0.15) is 53.5 Å². The number of nitrogens with one attached hydrogen (secondary N) is 1. The molecule has 194 valence electrons. The summed E-state index contributed by atoms with van der Waals surface area (Å²) in [6.07, 6.45) is 4.97. The Balaban J connectivity index is 1.69. The number of aryl methyl sites for hydroxylation is 2. The lowest BCUT2D eigenvalue weighted by Gasteiger charge is -2.32. The Labute approximate surface area is 220 Å². The second-order valence-electron chi connectivity index (χ2n) is 10.2. The van der Waals surface area contributed by atoms with E-state index in [0.29, 0.717) is 13.0 Å². The Kier molecular flexibility index (Phi) is 8.99. The predicted molar refractivity (Wildman–Crippen MR) is 147 cm³/mol. The highest BCUT2D eigenvalue weighted by atomic mass is 16.5. The molecule has 0 aliphatic heterocycles. The van der Waals surface area contributed by atoms with Crippen LogP contribution in [0.4, 0.5) is 0 Å². The van der Waals surface area contributed by atoms with Gasteiger partial charge in [-0.1, -0.05) is 79.1 Å². The minimum atomic E-state index is -0.619. The Morgan fingerprint density at radius 3 is 2.41 bits per heavy atom. The third-order valence-electron chi connectivity index (χ3n) is 7.31. The van der Waals surface area contributed by atoms with Crippen molar-refractivity contribution < 1.29 is 14.3 Å². The van der Waals surface area contributed by atoms with Gasteiger partial charge in [0.2, 0.25) is 11.8 Å². The molecule has 0 spiro atoms. The lowest BCUT2D eigenvalue weighted by molar-refractivity contribution is -0.141. The van der Waals surface area contributed by atoms with E-state index in [1.54, 1.807) is 12.0 Å². The second-order valence-corrected chi connectivity index (χ2v) is 10.2. The predicted octanol–water partition coefficient (Wildman–Crippen LogP) is 5.55. The van der Waals surface area contributed by atoms with Crippen LogP contribution >= 0.6 is 0 Å². The van der Waals surface area contributed by atoms with Gasteiger partial charge in [0.1, 0.15) is 11.8 Å². The summed E-state index contributed by atoms with van der Waals surface area (Å²) in [5.41, 5.74) is 5.16. The van der Waals surface area contributed by atoms with Crippen LogP contribution in [0.2, 0.25) is 0 Å². The van der Waals surface area contributed by atoms with E-state index in [-0.39, 0.29) is 24.3 Å². The van der Waals surface area contributed by atoms with E-state index in [4.69, 9.17) is 4.74 Å². The molecule has 1 N–H and O–H groups in total. The summed E-state index contributed by atoms with van der Waals surface area (Å²) in [4.78, 5) is 29.6. The molecule has 0 aromatic heterocycles. The SMILES string of the molecule is COc1cccc(CN(C(=O)Cc2cc(C)ccc2C)[C@H](Cc2ccccc2)C(=O)NC2CCCC2)c1. The van der Waals surface area contributed by atoms with Gasteiger partial charge in [-0.3, -0.25) is 9.59 Å². The van der Waals surface area contributed by atoms with Crippen LogP contribution in [0.25, 0.3) is 0 Å². The highest BCUT2D eigenvalue weighted by Gasteiger charge is 2.32. The third kappa shape index (κ3) is 7.22. The number of ether oxygens (including phenoxy) is 1. The smallest absolute Gasteiger partial charge is 0.243 e. The van der Waals surface area contributed by atoms with Gasteiger partial charge >= 0.3 is 0 Å². The molecule has 0 bridgehead atoms. The monoisotopic (exact) mass is 498 g/mol. The van der Waals surface area contributed by atoms with Crippen LogP contribution in [-0.2, 0) is 29.0 Å². The topological polar surface area (TPSA) is 58.6 Å². The molecule has 0 radical (unpaired) electrons.